The van der Waals surface area contributed by atoms with E-state index in [9.17, 15) is 4.79 Å². The summed E-state index contributed by atoms with van der Waals surface area (Å²) in [5.41, 5.74) is 1.75. The van der Waals surface area contributed by atoms with Gasteiger partial charge in [-0.2, -0.15) is 0 Å². The molecule has 0 aromatic carbocycles. The minimum absolute atomic E-state index is 0.154. The van der Waals surface area contributed by atoms with Crippen LogP contribution < -0.4 is 5.32 Å². The second-order valence-corrected chi connectivity index (χ2v) is 7.41. The van der Waals surface area contributed by atoms with Crippen LogP contribution in [0.5, 0.6) is 0 Å². The highest BCUT2D eigenvalue weighted by Gasteiger charge is 2.24. The van der Waals surface area contributed by atoms with E-state index in [0.29, 0.717) is 22.7 Å². The van der Waals surface area contributed by atoms with Crippen molar-refractivity contribution < 1.29 is 9.53 Å². The molecule has 0 unspecified atom stereocenters. The first-order valence-corrected chi connectivity index (χ1v) is 9.88. The zero-order valence-corrected chi connectivity index (χ0v) is 16.1. The number of ether oxygens (including phenoxy) is 1. The van der Waals surface area contributed by atoms with E-state index in [1.807, 2.05) is 6.07 Å². The van der Waals surface area contributed by atoms with Crippen LogP contribution in [0.15, 0.2) is 31.0 Å². The number of H-pyrrole nitrogens is 1. The van der Waals surface area contributed by atoms with Crippen molar-refractivity contribution in [2.75, 3.05) is 13.7 Å². The molecule has 3 aromatic heterocycles. The summed E-state index contributed by atoms with van der Waals surface area (Å²) < 4.78 is 6.85. The summed E-state index contributed by atoms with van der Waals surface area (Å²) in [6, 6.07) is 2.04. The van der Waals surface area contributed by atoms with Crippen LogP contribution in [0.1, 0.15) is 49.0 Å². The maximum atomic E-state index is 13.0. The lowest BCUT2D eigenvalue weighted by Crippen LogP contribution is -2.38. The predicted molar refractivity (Wildman–Crippen MR) is 105 cm³/mol. The van der Waals surface area contributed by atoms with Crippen LogP contribution in [0.4, 0.5) is 0 Å². The average Bonchev–Trinajstić information content (AvgIpc) is 3.40. The number of rotatable bonds is 7. The Balaban J connectivity index is 1.44. The average molecular weight is 382 g/mol. The third kappa shape index (κ3) is 4.06. The molecule has 0 spiro atoms. The Morgan fingerprint density at radius 1 is 1.32 bits per heavy atom. The summed E-state index contributed by atoms with van der Waals surface area (Å²) in [5.74, 6) is 1.03. The molecule has 0 saturated heterocycles. The van der Waals surface area contributed by atoms with E-state index in [4.69, 9.17) is 4.74 Å². The largest absolute Gasteiger partial charge is 0.385 e. The zero-order chi connectivity index (χ0) is 19.3. The molecule has 148 valence electrons. The van der Waals surface area contributed by atoms with Gasteiger partial charge in [0.2, 0.25) is 5.95 Å². The van der Waals surface area contributed by atoms with Gasteiger partial charge in [0.25, 0.3) is 5.91 Å². The Labute approximate surface area is 163 Å². The fourth-order valence-corrected chi connectivity index (χ4v) is 3.96. The van der Waals surface area contributed by atoms with E-state index >= 15 is 0 Å². The quantitative estimate of drug-likeness (QED) is 0.612. The SMILES string of the molecule is COCCCC1CCC(NC(=O)c2nc(-n3ccnc3)nc3cc[nH]c23)CC1. The van der Waals surface area contributed by atoms with Gasteiger partial charge in [-0.25, -0.2) is 15.0 Å². The van der Waals surface area contributed by atoms with Crippen molar-refractivity contribution in [1.82, 2.24) is 29.8 Å². The minimum atomic E-state index is -0.154. The molecule has 3 aromatic rings. The van der Waals surface area contributed by atoms with Gasteiger partial charge in [0.15, 0.2) is 5.69 Å². The smallest absolute Gasteiger partial charge is 0.272 e. The van der Waals surface area contributed by atoms with Gasteiger partial charge in [-0.1, -0.05) is 0 Å². The molecule has 0 bridgehead atoms. The fourth-order valence-electron chi connectivity index (χ4n) is 3.96. The molecule has 2 N–H and O–H groups in total. The summed E-state index contributed by atoms with van der Waals surface area (Å²) in [6.45, 7) is 0.829. The van der Waals surface area contributed by atoms with Crippen molar-refractivity contribution in [2.24, 2.45) is 5.92 Å². The molecule has 4 rings (SSSR count). The third-order valence-corrected chi connectivity index (χ3v) is 5.49. The molecule has 1 saturated carbocycles. The molecule has 0 aliphatic heterocycles. The van der Waals surface area contributed by atoms with Crippen LogP contribution in [-0.2, 0) is 4.74 Å². The van der Waals surface area contributed by atoms with E-state index in [1.54, 1.807) is 36.6 Å². The molecule has 0 atom stereocenters. The number of fused-ring (bicyclic) bond motifs is 1. The molecule has 8 nitrogen and oxygen atoms in total. The number of aromatic nitrogens is 5. The third-order valence-electron chi connectivity index (χ3n) is 5.49. The maximum absolute atomic E-state index is 13.0. The molecular weight excluding hydrogens is 356 g/mol. The normalized spacial score (nSPS) is 19.8. The highest BCUT2D eigenvalue weighted by molar-refractivity contribution is 6.03. The summed E-state index contributed by atoms with van der Waals surface area (Å²) in [5, 5.41) is 3.18. The van der Waals surface area contributed by atoms with Crippen molar-refractivity contribution in [2.45, 2.75) is 44.6 Å². The first kappa shape index (κ1) is 18.6. The first-order valence-electron chi connectivity index (χ1n) is 9.88. The van der Waals surface area contributed by atoms with Gasteiger partial charge >= 0.3 is 0 Å². The van der Waals surface area contributed by atoms with Crippen LogP contribution in [0.25, 0.3) is 17.0 Å². The Kier molecular flexibility index (Phi) is 5.66. The van der Waals surface area contributed by atoms with Crippen LogP contribution in [-0.4, -0.2) is 50.2 Å². The number of nitrogens with zero attached hydrogens (tertiary/aromatic N) is 4. The number of imidazole rings is 1. The van der Waals surface area contributed by atoms with Crippen molar-refractivity contribution in [1.29, 1.82) is 0 Å². The molecule has 3 heterocycles. The number of amides is 1. The lowest BCUT2D eigenvalue weighted by Gasteiger charge is -2.29. The minimum Gasteiger partial charge on any atom is -0.385 e. The van der Waals surface area contributed by atoms with Crippen LogP contribution in [0.2, 0.25) is 0 Å². The summed E-state index contributed by atoms with van der Waals surface area (Å²) >= 11 is 0. The van der Waals surface area contributed by atoms with Gasteiger partial charge in [0, 0.05) is 38.3 Å². The number of methoxy groups -OCH3 is 1. The molecular formula is C20H26N6O2. The maximum Gasteiger partial charge on any atom is 0.272 e. The Hall–Kier alpha value is -2.74. The second-order valence-electron chi connectivity index (χ2n) is 7.41. The van der Waals surface area contributed by atoms with E-state index in [1.165, 1.54) is 6.42 Å². The number of aromatic amines is 1. The topological polar surface area (TPSA) is 97.7 Å². The lowest BCUT2D eigenvalue weighted by molar-refractivity contribution is 0.0916. The van der Waals surface area contributed by atoms with Crippen LogP contribution in [0.3, 0.4) is 0 Å². The summed E-state index contributed by atoms with van der Waals surface area (Å²) in [7, 11) is 1.75. The number of hydrogen-bond acceptors (Lipinski definition) is 5. The van der Waals surface area contributed by atoms with Gasteiger partial charge in [0.05, 0.1) is 11.0 Å². The molecule has 1 amide bonds. The van der Waals surface area contributed by atoms with Crippen molar-refractivity contribution in [3.63, 3.8) is 0 Å². The van der Waals surface area contributed by atoms with Crippen molar-refractivity contribution in [3.05, 3.63) is 36.7 Å². The highest BCUT2D eigenvalue weighted by atomic mass is 16.5. The first-order chi connectivity index (χ1) is 13.7. The van der Waals surface area contributed by atoms with E-state index < -0.39 is 0 Å². The van der Waals surface area contributed by atoms with Gasteiger partial charge in [-0.15, -0.1) is 0 Å². The van der Waals surface area contributed by atoms with Gasteiger partial charge in [0.1, 0.15) is 6.33 Å². The second kappa shape index (κ2) is 8.52. The van der Waals surface area contributed by atoms with E-state index in [2.05, 4.69) is 25.3 Å². The monoisotopic (exact) mass is 382 g/mol. The van der Waals surface area contributed by atoms with Gasteiger partial charge < -0.3 is 15.0 Å². The Bertz CT molecular complexity index is 912. The lowest BCUT2D eigenvalue weighted by atomic mass is 9.83. The number of hydrogen-bond donors (Lipinski definition) is 2. The predicted octanol–water partition coefficient (Wildman–Crippen LogP) is 2.86. The molecule has 1 aliphatic rings. The van der Waals surface area contributed by atoms with Gasteiger partial charge in [-0.05, 0) is 50.5 Å². The number of nitrogens with one attached hydrogen (secondary N) is 2. The molecule has 28 heavy (non-hydrogen) atoms. The molecule has 1 aliphatic carbocycles. The molecule has 0 radical (unpaired) electrons. The highest BCUT2D eigenvalue weighted by Crippen LogP contribution is 2.28. The molecule has 8 heteroatoms. The van der Waals surface area contributed by atoms with Gasteiger partial charge in [-0.3, -0.25) is 9.36 Å². The zero-order valence-electron chi connectivity index (χ0n) is 16.1. The number of carbonyl (C=O) groups is 1. The molecule has 1 fully saturated rings. The van der Waals surface area contributed by atoms with E-state index in [0.717, 1.165) is 44.6 Å². The van der Waals surface area contributed by atoms with Crippen molar-refractivity contribution >= 4 is 16.9 Å². The van der Waals surface area contributed by atoms with E-state index in [-0.39, 0.29) is 11.9 Å². The van der Waals surface area contributed by atoms with Crippen LogP contribution in [0, 0.1) is 5.92 Å². The Morgan fingerprint density at radius 3 is 2.93 bits per heavy atom. The van der Waals surface area contributed by atoms with Crippen molar-refractivity contribution in [3.8, 4) is 5.95 Å². The summed E-state index contributed by atoms with van der Waals surface area (Å²) in [4.78, 5) is 29.1. The standard InChI is InChI=1S/C20H26N6O2/c1-28-12-2-3-14-4-6-15(7-5-14)23-19(27)18-17-16(8-9-22-17)24-20(25-18)26-11-10-21-13-26/h8-11,13-15,22H,2-7,12H2,1H3,(H,23,27). The van der Waals surface area contributed by atoms with Crippen LogP contribution >= 0.6 is 0 Å². The summed E-state index contributed by atoms with van der Waals surface area (Å²) in [6.07, 6.45) is 13.5. The number of carbonyl (C=O) groups excluding carboxylic acids is 1. The fraction of sp³-hybridized carbons (Fsp3) is 0.500. The Morgan fingerprint density at radius 2 is 2.18 bits per heavy atom.